The summed E-state index contributed by atoms with van der Waals surface area (Å²) in [6, 6.07) is 0.340. The smallest absolute Gasteiger partial charge is 0.313 e. The van der Waals surface area contributed by atoms with E-state index in [0.717, 1.165) is 37.6 Å². The van der Waals surface area contributed by atoms with E-state index in [1.807, 2.05) is 6.20 Å². The number of nitrogens with zero attached hydrogens (tertiary/aromatic N) is 2. The fourth-order valence-electron chi connectivity index (χ4n) is 2.72. The van der Waals surface area contributed by atoms with Crippen molar-refractivity contribution in [3.63, 3.8) is 0 Å². The zero-order valence-corrected chi connectivity index (χ0v) is 12.9. The largest absolute Gasteiger partial charge is 0.481 e. The molecule has 0 bridgehead atoms. The van der Waals surface area contributed by atoms with Gasteiger partial charge in [0.1, 0.15) is 0 Å². The summed E-state index contributed by atoms with van der Waals surface area (Å²) in [6.07, 6.45) is 4.91. The Labute approximate surface area is 123 Å². The third-order valence-electron chi connectivity index (χ3n) is 3.88. The maximum absolute atomic E-state index is 10.8. The highest BCUT2D eigenvalue weighted by Crippen LogP contribution is 2.32. The molecule has 1 aromatic rings. The van der Waals surface area contributed by atoms with E-state index in [1.54, 1.807) is 0 Å². The highest BCUT2D eigenvalue weighted by molar-refractivity contribution is 7.99. The molecule has 0 aromatic carbocycles. The molecule has 0 saturated carbocycles. The third-order valence-corrected chi connectivity index (χ3v) is 4.83. The molecule has 1 aromatic heterocycles. The van der Waals surface area contributed by atoms with Crippen molar-refractivity contribution in [1.82, 2.24) is 9.55 Å². The molecule has 20 heavy (non-hydrogen) atoms. The first-order valence-corrected chi connectivity index (χ1v) is 8.10. The molecule has 1 aliphatic heterocycles. The summed E-state index contributed by atoms with van der Waals surface area (Å²) in [5, 5.41) is 9.67. The molecule has 1 atom stereocenters. The van der Waals surface area contributed by atoms with Crippen LogP contribution in [0.4, 0.5) is 0 Å². The van der Waals surface area contributed by atoms with Gasteiger partial charge in [0.15, 0.2) is 5.16 Å². The van der Waals surface area contributed by atoms with E-state index in [-0.39, 0.29) is 5.75 Å². The van der Waals surface area contributed by atoms with Crippen LogP contribution in [-0.4, -0.2) is 39.6 Å². The molecule has 2 heterocycles. The number of aryl methyl sites for hydroxylation is 1. The number of ether oxygens (including phenoxy) is 1. The molecule has 0 radical (unpaired) electrons. The molecule has 6 heteroatoms. The summed E-state index contributed by atoms with van der Waals surface area (Å²) < 4.78 is 7.65. The summed E-state index contributed by atoms with van der Waals surface area (Å²) in [5.74, 6) is -0.172. The van der Waals surface area contributed by atoms with Crippen molar-refractivity contribution in [2.45, 2.75) is 44.3 Å². The average molecular weight is 298 g/mol. The van der Waals surface area contributed by atoms with E-state index >= 15 is 0 Å². The molecule has 1 fully saturated rings. The van der Waals surface area contributed by atoms with E-state index in [4.69, 9.17) is 9.84 Å². The highest BCUT2D eigenvalue weighted by atomic mass is 32.2. The van der Waals surface area contributed by atoms with Gasteiger partial charge in [-0.25, -0.2) is 4.98 Å². The van der Waals surface area contributed by atoms with Gasteiger partial charge in [0, 0.05) is 31.1 Å². The Kier molecular flexibility index (Phi) is 5.48. The molecule has 0 aliphatic carbocycles. The van der Waals surface area contributed by atoms with Crippen LogP contribution in [0.2, 0.25) is 0 Å². The third kappa shape index (κ3) is 3.55. The molecular weight excluding hydrogens is 276 g/mol. The maximum Gasteiger partial charge on any atom is 0.313 e. The van der Waals surface area contributed by atoms with Crippen LogP contribution in [0.1, 0.15) is 38.4 Å². The molecule has 0 spiro atoms. The molecule has 1 unspecified atom stereocenters. The molecule has 112 valence electrons. The van der Waals surface area contributed by atoms with E-state index in [2.05, 4.69) is 23.4 Å². The van der Waals surface area contributed by atoms with Crippen molar-refractivity contribution in [3.8, 4) is 0 Å². The lowest BCUT2D eigenvalue weighted by Gasteiger charge is -2.30. The minimum absolute atomic E-state index is 0.0562. The van der Waals surface area contributed by atoms with Crippen molar-refractivity contribution in [2.75, 3.05) is 19.0 Å². The van der Waals surface area contributed by atoms with Gasteiger partial charge in [0.05, 0.1) is 5.75 Å². The van der Waals surface area contributed by atoms with Crippen LogP contribution in [0.25, 0.3) is 0 Å². The Morgan fingerprint density at radius 1 is 1.60 bits per heavy atom. The number of thioether (sulfide) groups is 1. The van der Waals surface area contributed by atoms with Crippen LogP contribution in [0.5, 0.6) is 0 Å². The number of hydrogen-bond acceptors (Lipinski definition) is 4. The molecular formula is C14H22N2O3S. The Morgan fingerprint density at radius 3 is 2.90 bits per heavy atom. The first kappa shape index (κ1) is 15.4. The summed E-state index contributed by atoms with van der Waals surface area (Å²) in [5.41, 5.74) is 1.18. The minimum atomic E-state index is -0.804. The van der Waals surface area contributed by atoms with Crippen molar-refractivity contribution in [3.05, 3.63) is 11.9 Å². The van der Waals surface area contributed by atoms with Crippen molar-refractivity contribution in [2.24, 2.45) is 5.92 Å². The quantitative estimate of drug-likeness (QED) is 0.818. The van der Waals surface area contributed by atoms with Crippen molar-refractivity contribution in [1.29, 1.82) is 0 Å². The second-order valence-electron chi connectivity index (χ2n) is 5.13. The molecule has 5 nitrogen and oxygen atoms in total. The van der Waals surface area contributed by atoms with Gasteiger partial charge >= 0.3 is 5.97 Å². The summed E-state index contributed by atoms with van der Waals surface area (Å²) >= 11 is 1.30. The fraction of sp³-hybridized carbons (Fsp3) is 0.714. The molecule has 2 rings (SSSR count). The summed E-state index contributed by atoms with van der Waals surface area (Å²) in [7, 11) is 0. The fourth-order valence-corrected chi connectivity index (χ4v) is 3.52. The van der Waals surface area contributed by atoms with Gasteiger partial charge in [0.2, 0.25) is 0 Å². The standard InChI is InChI=1S/C14H22N2O3S/c1-3-12-8-15-14(20-9-13(17)18)16(12)10(2)11-4-6-19-7-5-11/h8,10-11H,3-7,9H2,1-2H3,(H,17,18). The van der Waals surface area contributed by atoms with Crippen LogP contribution >= 0.6 is 11.8 Å². The molecule has 1 saturated heterocycles. The van der Waals surface area contributed by atoms with Crippen LogP contribution in [0.3, 0.4) is 0 Å². The zero-order valence-electron chi connectivity index (χ0n) is 12.0. The van der Waals surface area contributed by atoms with Crippen LogP contribution < -0.4 is 0 Å². The lowest BCUT2D eigenvalue weighted by atomic mass is 9.92. The molecule has 0 amide bonds. The van der Waals surface area contributed by atoms with Gasteiger partial charge < -0.3 is 14.4 Å². The van der Waals surface area contributed by atoms with Gasteiger partial charge in [-0.1, -0.05) is 18.7 Å². The average Bonchev–Trinajstić information content (AvgIpc) is 2.88. The van der Waals surface area contributed by atoms with Gasteiger partial charge in [-0.2, -0.15) is 0 Å². The predicted octanol–water partition coefficient (Wildman–Crippen LogP) is 2.61. The number of aliphatic carboxylic acids is 1. The monoisotopic (exact) mass is 298 g/mol. The Morgan fingerprint density at radius 2 is 2.30 bits per heavy atom. The number of imidazole rings is 1. The second kappa shape index (κ2) is 7.13. The number of hydrogen-bond donors (Lipinski definition) is 1. The Bertz CT molecular complexity index is 455. The maximum atomic E-state index is 10.8. The van der Waals surface area contributed by atoms with Crippen molar-refractivity contribution < 1.29 is 14.6 Å². The number of aromatic nitrogens is 2. The topological polar surface area (TPSA) is 64.3 Å². The molecule has 1 aliphatic rings. The van der Waals surface area contributed by atoms with Crippen molar-refractivity contribution >= 4 is 17.7 Å². The van der Waals surface area contributed by atoms with E-state index in [9.17, 15) is 4.79 Å². The summed E-state index contributed by atoms with van der Waals surface area (Å²) in [6.45, 7) is 5.96. The first-order valence-electron chi connectivity index (χ1n) is 7.12. The van der Waals surface area contributed by atoms with Gasteiger partial charge in [0.25, 0.3) is 0 Å². The SMILES string of the molecule is CCc1cnc(SCC(=O)O)n1C(C)C1CCOCC1. The van der Waals surface area contributed by atoms with Gasteiger partial charge in [-0.3, -0.25) is 4.79 Å². The summed E-state index contributed by atoms with van der Waals surface area (Å²) in [4.78, 5) is 15.2. The van der Waals surface area contributed by atoms with E-state index in [1.165, 1.54) is 17.5 Å². The second-order valence-corrected chi connectivity index (χ2v) is 6.07. The lowest BCUT2D eigenvalue weighted by Crippen LogP contribution is -2.25. The van der Waals surface area contributed by atoms with Gasteiger partial charge in [-0.15, -0.1) is 0 Å². The van der Waals surface area contributed by atoms with Crippen LogP contribution in [-0.2, 0) is 16.0 Å². The number of carboxylic acid groups (broad SMARTS) is 1. The highest BCUT2D eigenvalue weighted by Gasteiger charge is 2.25. The number of carboxylic acids is 1. The van der Waals surface area contributed by atoms with Gasteiger partial charge in [-0.05, 0) is 32.1 Å². The number of carbonyl (C=O) groups is 1. The van der Waals surface area contributed by atoms with E-state index < -0.39 is 5.97 Å². The predicted molar refractivity (Wildman–Crippen MR) is 78.2 cm³/mol. The van der Waals surface area contributed by atoms with Crippen LogP contribution in [0, 0.1) is 5.92 Å². The van der Waals surface area contributed by atoms with Crippen LogP contribution in [0.15, 0.2) is 11.4 Å². The van der Waals surface area contributed by atoms with E-state index in [0.29, 0.717) is 12.0 Å². The Hall–Kier alpha value is -1.01. The lowest BCUT2D eigenvalue weighted by molar-refractivity contribution is -0.133. The Balaban J connectivity index is 2.18. The first-order chi connectivity index (χ1) is 9.63. The molecule has 1 N–H and O–H groups in total. The normalized spacial score (nSPS) is 18.1. The number of rotatable bonds is 6. The zero-order chi connectivity index (χ0) is 14.5. The minimum Gasteiger partial charge on any atom is -0.481 e.